The van der Waals surface area contributed by atoms with Crippen molar-refractivity contribution in [1.82, 2.24) is 0 Å². The fourth-order valence-corrected chi connectivity index (χ4v) is 76.7. The molecule has 0 N–H and O–H groups in total. The van der Waals surface area contributed by atoms with Crippen LogP contribution in [0.15, 0.2) is 13.5 Å². The summed E-state index contributed by atoms with van der Waals surface area (Å²) in [6.45, 7) is 28.2. The van der Waals surface area contributed by atoms with Gasteiger partial charge in [-0.3, -0.25) is 0 Å². The Kier molecular flexibility index (Phi) is 11.6. The maximum atomic E-state index is 6.94. The lowest BCUT2D eigenvalue weighted by Crippen LogP contribution is -2.67. The van der Waals surface area contributed by atoms with E-state index in [1.54, 1.807) is 0 Å². The number of rotatable bonds is 4. The Labute approximate surface area is 280 Å². The van der Waals surface area contributed by atoms with Gasteiger partial charge in [0.15, 0.2) is 0 Å². The van der Waals surface area contributed by atoms with Crippen LogP contribution < -0.4 is 0 Å². The van der Waals surface area contributed by atoms with Crippen LogP contribution in [0.2, 0.25) is 91.7 Å². The fraction of sp³-hybridized carbons (Fsp3) is 1.00. The minimum atomic E-state index is -3.29. The second-order valence-corrected chi connectivity index (χ2v) is 56.7. The molecule has 0 unspecified atom stereocenters. The van der Waals surface area contributed by atoms with Crippen LogP contribution in [0.25, 0.3) is 0 Å². The Morgan fingerprint density at radius 3 is 0.881 bits per heavy atom. The Bertz CT molecular complexity index is 1150. The topological polar surface area (TPSA) is 111 Å². The van der Waals surface area contributed by atoms with Gasteiger partial charge in [-0.05, 0) is 137 Å². The van der Waals surface area contributed by atoms with Gasteiger partial charge in [0, 0.05) is 11.6 Å². The molecule has 0 atom stereocenters. The molecular formula is C16H46Cl4N3O8P3Si8. The highest BCUT2D eigenvalue weighted by Crippen LogP contribution is 2.85. The van der Waals surface area contributed by atoms with Gasteiger partial charge in [0.1, 0.15) is 0 Å². The molecule has 0 saturated carbocycles. The van der Waals surface area contributed by atoms with Crippen molar-refractivity contribution in [2.24, 2.45) is 13.5 Å². The van der Waals surface area contributed by atoms with E-state index in [4.69, 9.17) is 86.9 Å². The van der Waals surface area contributed by atoms with Crippen molar-refractivity contribution in [3.05, 3.63) is 0 Å². The summed E-state index contributed by atoms with van der Waals surface area (Å²) in [7, 11) is -25.3. The second kappa shape index (κ2) is 12.2. The van der Waals surface area contributed by atoms with Crippen molar-refractivity contribution in [3.8, 4) is 0 Å². The minimum absolute atomic E-state index is 0.306. The molecule has 0 aromatic heterocycles. The van der Waals surface area contributed by atoms with E-state index in [2.05, 4.69) is 4.52 Å². The number of hydrogen-bond donors (Lipinski definition) is 0. The van der Waals surface area contributed by atoms with Gasteiger partial charge in [0.25, 0.3) is 11.8 Å². The van der Waals surface area contributed by atoms with E-state index in [9.17, 15) is 0 Å². The first kappa shape index (κ1) is 39.7. The average molecular weight is 868 g/mol. The van der Waals surface area contributed by atoms with E-state index < -0.39 is 87.5 Å². The van der Waals surface area contributed by atoms with Crippen LogP contribution in [0.1, 0.15) is 0 Å². The van der Waals surface area contributed by atoms with Crippen LogP contribution in [-0.2, 0) is 32.9 Å². The largest absolute Gasteiger partial charge is 0.416 e. The SMILES string of the molecule is C[Si]1(C)O[Si](C)(C)O[Si](C)(CP2(C[Si]3(C)O[Si](C)(C)O[Si](C)(C)O[Si](C)(C)O3)=NP(Cl)(Cl)=NP(Cl)(Cl)=N2)O[Si](C)(C)O1. The third kappa shape index (κ3) is 11.7. The summed E-state index contributed by atoms with van der Waals surface area (Å²) in [4.78, 5) is 0. The molecule has 3 aliphatic rings. The van der Waals surface area contributed by atoms with Crippen LogP contribution in [0.4, 0.5) is 0 Å². The van der Waals surface area contributed by atoms with Crippen LogP contribution in [0, 0.1) is 0 Å². The first-order valence-corrected chi connectivity index (χ1v) is 44.5. The lowest BCUT2D eigenvalue weighted by Gasteiger charge is -2.50. The normalized spacial score (nSPS) is 32.7. The van der Waals surface area contributed by atoms with Crippen molar-refractivity contribution < 1.29 is 32.9 Å². The summed E-state index contributed by atoms with van der Waals surface area (Å²) in [6, 6.07) is 0. The van der Waals surface area contributed by atoms with Crippen LogP contribution in [0.5, 0.6) is 0 Å². The molecule has 0 aromatic rings. The molecule has 3 aliphatic heterocycles. The van der Waals surface area contributed by atoms with Gasteiger partial charge in [0.2, 0.25) is 0 Å². The maximum Gasteiger partial charge on any atom is 0.325 e. The molecule has 42 heavy (non-hydrogen) atoms. The highest BCUT2D eigenvalue weighted by atomic mass is 35.9. The fourth-order valence-electron chi connectivity index (χ4n) is 6.43. The van der Waals surface area contributed by atoms with Crippen LogP contribution >= 0.6 is 64.0 Å². The monoisotopic (exact) mass is 865 g/mol. The molecule has 0 aliphatic carbocycles. The molecule has 2 fully saturated rings. The molecule has 26 heteroatoms. The summed E-state index contributed by atoms with van der Waals surface area (Å²) in [6.07, 6.45) is 0. The first-order valence-electron chi connectivity index (χ1n) is 13.5. The van der Waals surface area contributed by atoms with Gasteiger partial charge >= 0.3 is 68.5 Å². The quantitative estimate of drug-likeness (QED) is 0.203. The van der Waals surface area contributed by atoms with Crippen LogP contribution in [-0.4, -0.2) is 80.1 Å². The molecule has 0 bridgehead atoms. The summed E-state index contributed by atoms with van der Waals surface area (Å²) in [5.74, 6) is -5.97. The summed E-state index contributed by atoms with van der Waals surface area (Å²) in [5, 5.41) is 0. The van der Waals surface area contributed by atoms with E-state index in [1.165, 1.54) is 0 Å². The van der Waals surface area contributed by atoms with Crippen LogP contribution in [0.3, 0.4) is 0 Å². The van der Waals surface area contributed by atoms with Crippen molar-refractivity contribution in [1.29, 1.82) is 0 Å². The summed E-state index contributed by atoms with van der Waals surface area (Å²) < 4.78 is 68.4. The Hall–Kier alpha value is 3.27. The van der Waals surface area contributed by atoms with Crippen molar-refractivity contribution in [2.45, 2.75) is 91.7 Å². The zero-order chi connectivity index (χ0) is 32.7. The predicted molar refractivity (Wildman–Crippen MR) is 198 cm³/mol. The lowest BCUT2D eigenvalue weighted by molar-refractivity contribution is 0.236. The van der Waals surface area contributed by atoms with Gasteiger partial charge in [-0.15, -0.1) is 0 Å². The van der Waals surface area contributed by atoms with Gasteiger partial charge in [-0.25, -0.2) is 9.03 Å². The van der Waals surface area contributed by atoms with E-state index in [1.807, 2.05) is 91.7 Å². The molecule has 0 aromatic carbocycles. The first-order chi connectivity index (χ1) is 18.2. The van der Waals surface area contributed by atoms with E-state index in [-0.39, 0.29) is 0 Å². The second-order valence-electron chi connectivity index (χ2n) is 13.9. The summed E-state index contributed by atoms with van der Waals surface area (Å²) >= 11 is 27.1. The highest BCUT2D eigenvalue weighted by Gasteiger charge is 2.59. The predicted octanol–water partition coefficient (Wildman–Crippen LogP) is 10.6. The molecule has 0 amide bonds. The molecule has 3 rings (SSSR count). The zero-order valence-corrected chi connectivity index (χ0v) is 40.6. The van der Waals surface area contributed by atoms with Gasteiger partial charge in [0.05, 0.1) is 7.21 Å². The van der Waals surface area contributed by atoms with Crippen molar-refractivity contribution >= 4 is 132 Å². The van der Waals surface area contributed by atoms with E-state index in [0.717, 1.165) is 0 Å². The molecule has 248 valence electrons. The molecule has 2 saturated heterocycles. The molecule has 0 spiro atoms. The number of hydrogen-bond acceptors (Lipinski definition) is 11. The standard InChI is InChI=1S/C16H46Cl4N3O8P3Si8/c1-35(2)24-37(5,6)28-41(13,29-38(7,8)25-35)15-32(21-33(17,18)23-34(19,20)22-32)16-42(14)30-39(9,10)26-36(3,4)27-40(11,12)31-42/h15-16H2,1-14H3. The Balaban J connectivity index is 2.20. The lowest BCUT2D eigenvalue weighted by atomic mass is 11.8. The highest BCUT2D eigenvalue weighted by molar-refractivity contribution is 8.21. The molecule has 3 heterocycles. The van der Waals surface area contributed by atoms with E-state index >= 15 is 0 Å². The number of nitrogens with zero attached hydrogens (tertiary/aromatic N) is 3. The molecule has 0 radical (unpaired) electrons. The van der Waals surface area contributed by atoms with E-state index in [0.29, 0.717) is 11.6 Å². The third-order valence-electron chi connectivity index (χ3n) is 5.66. The molecular weight excluding hydrogens is 822 g/mol. The smallest absolute Gasteiger partial charge is 0.325 e. The maximum absolute atomic E-state index is 6.94. The average Bonchev–Trinajstić information content (AvgIpc) is 2.46. The minimum Gasteiger partial charge on any atom is -0.416 e. The third-order valence-corrected chi connectivity index (χ3v) is 55.8. The zero-order valence-electron chi connectivity index (χ0n) is 26.9. The Morgan fingerprint density at radius 1 is 0.381 bits per heavy atom. The van der Waals surface area contributed by atoms with Crippen molar-refractivity contribution in [3.63, 3.8) is 0 Å². The summed E-state index contributed by atoms with van der Waals surface area (Å²) in [5.41, 5.74) is 0. The van der Waals surface area contributed by atoms with Gasteiger partial charge in [-0.1, -0.05) is 0 Å². The van der Waals surface area contributed by atoms with Gasteiger partial charge < -0.3 is 32.9 Å². The van der Waals surface area contributed by atoms with Gasteiger partial charge in [-0.2, -0.15) is 4.52 Å². The number of halogens is 4. The molecule has 11 nitrogen and oxygen atoms in total. The Morgan fingerprint density at radius 2 is 0.619 bits per heavy atom. The van der Waals surface area contributed by atoms with Crippen molar-refractivity contribution in [2.75, 3.05) is 11.6 Å².